The normalized spacial score (nSPS) is 11.2. The van der Waals surface area contributed by atoms with E-state index in [0.717, 1.165) is 11.6 Å². The van der Waals surface area contributed by atoms with Crippen molar-refractivity contribution in [3.05, 3.63) is 48.4 Å². The van der Waals surface area contributed by atoms with Crippen LogP contribution in [0.3, 0.4) is 0 Å². The minimum Gasteiger partial charge on any atom is -0.492 e. The van der Waals surface area contributed by atoms with Gasteiger partial charge in [-0.1, -0.05) is 32.9 Å². The van der Waals surface area contributed by atoms with Gasteiger partial charge in [0, 0.05) is 12.4 Å². The molecule has 0 spiro atoms. The van der Waals surface area contributed by atoms with Gasteiger partial charge in [0.1, 0.15) is 18.2 Å². The lowest BCUT2D eigenvalue weighted by atomic mass is 9.87. The van der Waals surface area contributed by atoms with E-state index < -0.39 is 0 Å². The van der Waals surface area contributed by atoms with Gasteiger partial charge in [-0.2, -0.15) is 0 Å². The summed E-state index contributed by atoms with van der Waals surface area (Å²) in [5.41, 5.74) is 1.41. The molecule has 4 heteroatoms. The Balaban J connectivity index is 1.83. The molecule has 0 aliphatic rings. The summed E-state index contributed by atoms with van der Waals surface area (Å²) in [4.78, 5) is 8.13. The first-order chi connectivity index (χ1) is 9.55. The molecule has 0 fully saturated rings. The molecule has 0 aliphatic heterocycles. The zero-order chi connectivity index (χ0) is 14.4. The van der Waals surface area contributed by atoms with Crippen LogP contribution in [-0.2, 0) is 5.41 Å². The summed E-state index contributed by atoms with van der Waals surface area (Å²) in [7, 11) is 0. The third-order valence-electron chi connectivity index (χ3n) is 2.94. The molecule has 1 heterocycles. The number of hydrogen-bond donors (Lipinski definition) is 1. The maximum Gasteiger partial charge on any atom is 0.144 e. The summed E-state index contributed by atoms with van der Waals surface area (Å²) >= 11 is 0. The Hall–Kier alpha value is -2.10. The van der Waals surface area contributed by atoms with Gasteiger partial charge in [0.25, 0.3) is 0 Å². The average Bonchev–Trinajstić information content (AvgIpc) is 2.44. The van der Waals surface area contributed by atoms with E-state index >= 15 is 0 Å². The van der Waals surface area contributed by atoms with Crippen LogP contribution in [0.1, 0.15) is 26.3 Å². The predicted molar refractivity (Wildman–Crippen MR) is 81.2 cm³/mol. The van der Waals surface area contributed by atoms with Gasteiger partial charge in [0.15, 0.2) is 0 Å². The number of rotatable bonds is 5. The molecule has 106 valence electrons. The van der Waals surface area contributed by atoms with E-state index in [0.29, 0.717) is 13.2 Å². The van der Waals surface area contributed by atoms with E-state index in [1.54, 1.807) is 18.6 Å². The number of ether oxygens (including phenoxy) is 1. The number of aromatic nitrogens is 2. The van der Waals surface area contributed by atoms with Gasteiger partial charge in [-0.25, -0.2) is 4.98 Å². The minimum atomic E-state index is 0.136. The lowest BCUT2D eigenvalue weighted by Crippen LogP contribution is -2.14. The second-order valence-corrected chi connectivity index (χ2v) is 5.64. The fourth-order valence-electron chi connectivity index (χ4n) is 1.79. The Labute approximate surface area is 120 Å². The first-order valence-electron chi connectivity index (χ1n) is 6.79. The van der Waals surface area contributed by atoms with Crippen molar-refractivity contribution in [3.63, 3.8) is 0 Å². The first-order valence-corrected chi connectivity index (χ1v) is 6.79. The zero-order valence-electron chi connectivity index (χ0n) is 12.3. The summed E-state index contributed by atoms with van der Waals surface area (Å²) < 4.78 is 5.75. The molecule has 0 saturated heterocycles. The van der Waals surface area contributed by atoms with Crippen LogP contribution in [0.25, 0.3) is 0 Å². The van der Waals surface area contributed by atoms with Crippen molar-refractivity contribution in [1.82, 2.24) is 9.97 Å². The van der Waals surface area contributed by atoms with E-state index in [1.165, 1.54) is 5.56 Å². The highest BCUT2D eigenvalue weighted by molar-refractivity contribution is 5.33. The molecule has 0 saturated carbocycles. The molecule has 0 unspecified atom stereocenters. The topological polar surface area (TPSA) is 47.0 Å². The van der Waals surface area contributed by atoms with Gasteiger partial charge in [0.05, 0.1) is 12.7 Å². The molecule has 0 aliphatic carbocycles. The first kappa shape index (κ1) is 14.3. The molecule has 0 amide bonds. The smallest absolute Gasteiger partial charge is 0.144 e. The predicted octanol–water partition coefficient (Wildman–Crippen LogP) is 3.27. The lowest BCUT2D eigenvalue weighted by molar-refractivity contribution is 0.331. The molecular formula is C16H21N3O. The van der Waals surface area contributed by atoms with Crippen LogP contribution >= 0.6 is 0 Å². The number of nitrogens with one attached hydrogen (secondary N) is 1. The number of benzene rings is 1. The number of nitrogens with zero attached hydrogens (tertiary/aromatic N) is 2. The van der Waals surface area contributed by atoms with E-state index in [1.807, 2.05) is 12.1 Å². The van der Waals surface area contributed by atoms with Crippen LogP contribution in [-0.4, -0.2) is 23.1 Å². The third-order valence-corrected chi connectivity index (χ3v) is 2.94. The highest BCUT2D eigenvalue weighted by atomic mass is 16.5. The maximum atomic E-state index is 5.75. The van der Waals surface area contributed by atoms with Crippen molar-refractivity contribution in [2.24, 2.45) is 0 Å². The molecule has 20 heavy (non-hydrogen) atoms. The van der Waals surface area contributed by atoms with Gasteiger partial charge in [-0.05, 0) is 23.1 Å². The summed E-state index contributed by atoms with van der Waals surface area (Å²) in [6.45, 7) is 7.87. The second kappa shape index (κ2) is 6.37. The number of hydrogen-bond acceptors (Lipinski definition) is 4. The zero-order valence-corrected chi connectivity index (χ0v) is 12.3. The number of anilines is 1. The maximum absolute atomic E-state index is 5.75. The van der Waals surface area contributed by atoms with Crippen molar-refractivity contribution in [2.75, 3.05) is 18.5 Å². The minimum absolute atomic E-state index is 0.136. The summed E-state index contributed by atoms with van der Waals surface area (Å²) in [5, 5.41) is 3.16. The van der Waals surface area contributed by atoms with Crippen molar-refractivity contribution in [2.45, 2.75) is 26.2 Å². The molecule has 1 aromatic heterocycles. The molecule has 0 atom stereocenters. The van der Waals surface area contributed by atoms with Crippen LogP contribution in [0, 0.1) is 0 Å². The molecular weight excluding hydrogens is 250 g/mol. The van der Waals surface area contributed by atoms with Crippen LogP contribution in [0.15, 0.2) is 42.9 Å². The second-order valence-electron chi connectivity index (χ2n) is 5.64. The van der Waals surface area contributed by atoms with Crippen LogP contribution < -0.4 is 10.1 Å². The molecule has 0 bridgehead atoms. The van der Waals surface area contributed by atoms with E-state index in [9.17, 15) is 0 Å². The summed E-state index contributed by atoms with van der Waals surface area (Å²) in [5.74, 6) is 1.66. The highest BCUT2D eigenvalue weighted by Crippen LogP contribution is 2.25. The fourth-order valence-corrected chi connectivity index (χ4v) is 1.79. The molecule has 2 aromatic rings. The molecule has 4 nitrogen and oxygen atoms in total. The standard InChI is InChI=1S/C16H21N3O/c1-16(2,3)13-5-4-6-14(11-13)20-10-9-19-15-12-17-7-8-18-15/h4-8,11-12H,9-10H2,1-3H3,(H,18,19). The van der Waals surface area contributed by atoms with Gasteiger partial charge in [-0.15, -0.1) is 0 Å². The van der Waals surface area contributed by atoms with E-state index in [-0.39, 0.29) is 5.41 Å². The Bertz CT molecular complexity index is 535. The fraction of sp³-hybridized carbons (Fsp3) is 0.375. The van der Waals surface area contributed by atoms with Crippen molar-refractivity contribution in [3.8, 4) is 5.75 Å². The van der Waals surface area contributed by atoms with E-state index in [2.05, 4.69) is 48.2 Å². The molecule has 1 N–H and O–H groups in total. The lowest BCUT2D eigenvalue weighted by Gasteiger charge is -2.19. The molecule has 1 aromatic carbocycles. The highest BCUT2D eigenvalue weighted by Gasteiger charge is 2.13. The quantitative estimate of drug-likeness (QED) is 0.848. The van der Waals surface area contributed by atoms with Crippen LogP contribution in [0.4, 0.5) is 5.82 Å². The van der Waals surface area contributed by atoms with Gasteiger partial charge < -0.3 is 10.1 Å². The van der Waals surface area contributed by atoms with Crippen LogP contribution in [0.2, 0.25) is 0 Å². The Kier molecular flexibility index (Phi) is 4.56. The molecule has 0 radical (unpaired) electrons. The SMILES string of the molecule is CC(C)(C)c1cccc(OCCNc2cnccn2)c1. The van der Waals surface area contributed by atoms with E-state index in [4.69, 9.17) is 4.74 Å². The van der Waals surface area contributed by atoms with Crippen molar-refractivity contribution >= 4 is 5.82 Å². The van der Waals surface area contributed by atoms with Crippen LogP contribution in [0.5, 0.6) is 5.75 Å². The summed E-state index contributed by atoms with van der Waals surface area (Å²) in [6, 6.07) is 8.25. The van der Waals surface area contributed by atoms with Crippen molar-refractivity contribution in [1.29, 1.82) is 0 Å². The summed E-state index contributed by atoms with van der Waals surface area (Å²) in [6.07, 6.45) is 5.01. The molecule has 2 rings (SSSR count). The Morgan fingerprint density at radius 3 is 2.75 bits per heavy atom. The monoisotopic (exact) mass is 271 g/mol. The Morgan fingerprint density at radius 2 is 2.05 bits per heavy atom. The van der Waals surface area contributed by atoms with Gasteiger partial charge in [0.2, 0.25) is 0 Å². The average molecular weight is 271 g/mol. The van der Waals surface area contributed by atoms with Gasteiger partial charge in [-0.3, -0.25) is 4.98 Å². The van der Waals surface area contributed by atoms with Crippen molar-refractivity contribution < 1.29 is 4.74 Å². The van der Waals surface area contributed by atoms with Gasteiger partial charge >= 0.3 is 0 Å². The Morgan fingerprint density at radius 1 is 1.20 bits per heavy atom. The third kappa shape index (κ3) is 4.23. The largest absolute Gasteiger partial charge is 0.492 e.